The van der Waals surface area contributed by atoms with Gasteiger partial charge in [0.15, 0.2) is 0 Å². The number of cyclic esters (lactones) is 1. The minimum Gasteiger partial charge on any atom is -0.481 e. The van der Waals surface area contributed by atoms with Gasteiger partial charge >= 0.3 is 12.1 Å². The Labute approximate surface area is 105 Å². The molecule has 0 spiro atoms. The van der Waals surface area contributed by atoms with Crippen LogP contribution >= 0.6 is 0 Å². The van der Waals surface area contributed by atoms with Gasteiger partial charge in [0, 0.05) is 12.2 Å². The van der Waals surface area contributed by atoms with Crippen molar-refractivity contribution in [1.82, 2.24) is 0 Å². The largest absolute Gasteiger partial charge is 0.481 e. The lowest BCUT2D eigenvalue weighted by Gasteiger charge is -2.30. The van der Waals surface area contributed by atoms with Gasteiger partial charge in [-0.3, -0.25) is 9.69 Å². The van der Waals surface area contributed by atoms with Crippen LogP contribution in [0.25, 0.3) is 0 Å². The zero-order chi connectivity index (χ0) is 13.3. The number of carboxylic acids is 1. The fraction of sp³-hybridized carbons (Fsp3) is 0.385. The van der Waals surface area contributed by atoms with E-state index in [0.29, 0.717) is 5.69 Å². The highest BCUT2D eigenvalue weighted by Gasteiger charge is 2.32. The Morgan fingerprint density at radius 3 is 2.50 bits per heavy atom. The first-order valence-electron chi connectivity index (χ1n) is 5.73. The second-order valence-electron chi connectivity index (χ2n) is 4.57. The van der Waals surface area contributed by atoms with Crippen molar-refractivity contribution in [3.05, 3.63) is 29.3 Å². The number of ether oxygens (including phenoxy) is 1. The van der Waals surface area contributed by atoms with Crippen molar-refractivity contribution in [2.75, 3.05) is 18.1 Å². The molecule has 18 heavy (non-hydrogen) atoms. The van der Waals surface area contributed by atoms with Gasteiger partial charge < -0.3 is 9.84 Å². The lowest BCUT2D eigenvalue weighted by atomic mass is 10.1. The predicted octanol–water partition coefficient (Wildman–Crippen LogP) is 1.96. The van der Waals surface area contributed by atoms with E-state index in [1.807, 2.05) is 32.0 Å². The van der Waals surface area contributed by atoms with E-state index >= 15 is 0 Å². The summed E-state index contributed by atoms with van der Waals surface area (Å²) in [6, 6.07) is 5.68. The molecule has 5 nitrogen and oxygen atoms in total. The summed E-state index contributed by atoms with van der Waals surface area (Å²) < 4.78 is 4.90. The SMILES string of the molecule is Cc1cc(C)cc(N2CC(C(=O)O)COC2=O)c1. The number of aryl methyl sites for hydroxylation is 2. The molecule has 1 saturated heterocycles. The minimum absolute atomic E-state index is 0.0601. The Morgan fingerprint density at radius 2 is 1.94 bits per heavy atom. The normalized spacial score (nSPS) is 19.6. The van der Waals surface area contributed by atoms with Crippen LogP contribution < -0.4 is 4.90 Å². The maximum Gasteiger partial charge on any atom is 0.414 e. The van der Waals surface area contributed by atoms with Crippen LogP contribution in [0.4, 0.5) is 10.5 Å². The minimum atomic E-state index is -0.947. The van der Waals surface area contributed by atoms with Crippen molar-refractivity contribution >= 4 is 17.7 Å². The maximum absolute atomic E-state index is 11.7. The number of carboxylic acid groups (broad SMARTS) is 1. The van der Waals surface area contributed by atoms with Gasteiger partial charge in [0.1, 0.15) is 12.5 Å². The van der Waals surface area contributed by atoms with Crippen molar-refractivity contribution in [1.29, 1.82) is 0 Å². The Hall–Kier alpha value is -2.04. The zero-order valence-corrected chi connectivity index (χ0v) is 10.3. The highest BCUT2D eigenvalue weighted by atomic mass is 16.6. The zero-order valence-electron chi connectivity index (χ0n) is 10.3. The van der Waals surface area contributed by atoms with Crippen molar-refractivity contribution in [2.24, 2.45) is 5.92 Å². The smallest absolute Gasteiger partial charge is 0.414 e. The third-order valence-corrected chi connectivity index (χ3v) is 2.90. The highest BCUT2D eigenvalue weighted by molar-refractivity contribution is 5.90. The third-order valence-electron chi connectivity index (χ3n) is 2.90. The number of anilines is 1. The van der Waals surface area contributed by atoms with Gasteiger partial charge in [-0.25, -0.2) is 4.79 Å². The van der Waals surface area contributed by atoms with E-state index in [2.05, 4.69) is 0 Å². The molecule has 0 bridgehead atoms. The molecule has 0 aromatic heterocycles. The van der Waals surface area contributed by atoms with Crippen molar-refractivity contribution in [3.63, 3.8) is 0 Å². The first-order valence-corrected chi connectivity index (χ1v) is 5.73. The molecule has 0 aliphatic carbocycles. The van der Waals surface area contributed by atoms with Crippen LogP contribution in [-0.4, -0.2) is 30.3 Å². The first-order chi connectivity index (χ1) is 8.47. The number of nitrogens with zero attached hydrogens (tertiary/aromatic N) is 1. The van der Waals surface area contributed by atoms with Crippen LogP contribution in [0.2, 0.25) is 0 Å². The van der Waals surface area contributed by atoms with Crippen LogP contribution in [0, 0.1) is 19.8 Å². The molecule has 1 amide bonds. The molecule has 0 radical (unpaired) electrons. The number of amides is 1. The van der Waals surface area contributed by atoms with Gasteiger partial charge in [0.25, 0.3) is 0 Å². The van der Waals surface area contributed by atoms with Gasteiger partial charge in [-0.1, -0.05) is 6.07 Å². The van der Waals surface area contributed by atoms with E-state index in [1.165, 1.54) is 4.90 Å². The summed E-state index contributed by atoms with van der Waals surface area (Å²) in [5, 5.41) is 8.98. The van der Waals surface area contributed by atoms with Crippen LogP contribution in [0.1, 0.15) is 11.1 Å². The summed E-state index contributed by atoms with van der Waals surface area (Å²) in [6.45, 7) is 3.95. The second-order valence-corrected chi connectivity index (χ2v) is 4.57. The van der Waals surface area contributed by atoms with Gasteiger partial charge in [-0.2, -0.15) is 0 Å². The van der Waals surface area contributed by atoms with E-state index in [0.717, 1.165) is 11.1 Å². The molecular formula is C13H15NO4. The van der Waals surface area contributed by atoms with Gasteiger partial charge in [-0.05, 0) is 37.1 Å². The molecule has 1 aromatic rings. The topological polar surface area (TPSA) is 66.8 Å². The summed E-state index contributed by atoms with van der Waals surface area (Å²) in [4.78, 5) is 24.0. The standard InChI is InChI=1S/C13H15NO4/c1-8-3-9(2)5-11(4-8)14-6-10(12(15)16)7-18-13(14)17/h3-5,10H,6-7H2,1-2H3,(H,15,16). The van der Waals surface area contributed by atoms with Crippen LogP contribution in [-0.2, 0) is 9.53 Å². The van der Waals surface area contributed by atoms with Gasteiger partial charge in [-0.15, -0.1) is 0 Å². The van der Waals surface area contributed by atoms with Crippen molar-refractivity contribution in [3.8, 4) is 0 Å². The van der Waals surface area contributed by atoms with Crippen LogP contribution in [0.5, 0.6) is 0 Å². The lowest BCUT2D eigenvalue weighted by Crippen LogP contribution is -2.45. The van der Waals surface area contributed by atoms with E-state index in [9.17, 15) is 9.59 Å². The number of benzene rings is 1. The van der Waals surface area contributed by atoms with Gasteiger partial charge in [0.2, 0.25) is 0 Å². The number of carbonyl (C=O) groups excluding carboxylic acids is 1. The third kappa shape index (κ3) is 2.45. The number of hydrogen-bond donors (Lipinski definition) is 1. The summed E-state index contributed by atoms with van der Waals surface area (Å²) in [5.74, 6) is -1.62. The molecule has 1 N–H and O–H groups in total. The van der Waals surface area contributed by atoms with E-state index in [1.54, 1.807) is 0 Å². The molecule has 1 aliphatic rings. The summed E-state index contributed by atoms with van der Waals surface area (Å²) in [6.07, 6.45) is -0.488. The molecule has 1 aliphatic heterocycles. The van der Waals surface area contributed by atoms with Gasteiger partial charge in [0.05, 0.1) is 0 Å². The van der Waals surface area contributed by atoms with Crippen LogP contribution in [0.3, 0.4) is 0 Å². The lowest BCUT2D eigenvalue weighted by molar-refractivity contribution is -0.143. The predicted molar refractivity (Wildman–Crippen MR) is 65.7 cm³/mol. The molecule has 1 unspecified atom stereocenters. The Bertz CT molecular complexity index is 478. The second kappa shape index (κ2) is 4.68. The number of carbonyl (C=O) groups is 2. The molecule has 5 heteroatoms. The molecule has 1 atom stereocenters. The fourth-order valence-electron chi connectivity index (χ4n) is 2.06. The Morgan fingerprint density at radius 1 is 1.33 bits per heavy atom. The average Bonchev–Trinajstić information content (AvgIpc) is 2.27. The van der Waals surface area contributed by atoms with E-state index in [4.69, 9.17) is 9.84 Å². The molecule has 0 saturated carbocycles. The Balaban J connectivity index is 2.29. The summed E-state index contributed by atoms with van der Waals surface area (Å²) in [5.41, 5.74) is 2.73. The number of rotatable bonds is 2. The Kier molecular flexibility index (Phi) is 3.23. The number of aliphatic carboxylic acids is 1. The van der Waals surface area contributed by atoms with E-state index < -0.39 is 18.0 Å². The first kappa shape index (κ1) is 12.4. The molecule has 96 valence electrons. The summed E-state index contributed by atoms with van der Waals surface area (Å²) >= 11 is 0. The monoisotopic (exact) mass is 249 g/mol. The number of hydrogen-bond acceptors (Lipinski definition) is 3. The molecule has 1 heterocycles. The summed E-state index contributed by atoms with van der Waals surface area (Å²) in [7, 11) is 0. The average molecular weight is 249 g/mol. The molecule has 2 rings (SSSR count). The molecule has 1 aromatic carbocycles. The quantitative estimate of drug-likeness (QED) is 0.870. The fourth-order valence-corrected chi connectivity index (χ4v) is 2.06. The van der Waals surface area contributed by atoms with Crippen molar-refractivity contribution in [2.45, 2.75) is 13.8 Å². The highest BCUT2D eigenvalue weighted by Crippen LogP contribution is 2.23. The van der Waals surface area contributed by atoms with Crippen molar-refractivity contribution < 1.29 is 19.4 Å². The molecular weight excluding hydrogens is 234 g/mol. The van der Waals surface area contributed by atoms with Crippen LogP contribution in [0.15, 0.2) is 18.2 Å². The maximum atomic E-state index is 11.7. The molecule has 1 fully saturated rings. The van der Waals surface area contributed by atoms with E-state index in [-0.39, 0.29) is 13.2 Å².